The van der Waals surface area contributed by atoms with Gasteiger partial charge in [0.25, 0.3) is 0 Å². The maximum Gasteiger partial charge on any atom is 0.307 e. The first kappa shape index (κ1) is 41.5. The van der Waals surface area contributed by atoms with E-state index in [1.807, 2.05) is 19.1 Å². The average Bonchev–Trinajstić information content (AvgIpc) is 4.00. The zero-order valence-electron chi connectivity index (χ0n) is 33.9. The number of hydrogen-bond donors (Lipinski definition) is 1. The Kier molecular flexibility index (Phi) is 11.6. The topological polar surface area (TPSA) is 184 Å². The molecule has 0 aromatic carbocycles. The third-order valence-electron chi connectivity index (χ3n) is 12.1. The minimum atomic E-state index is -3.96. The molecule has 1 N–H and O–H groups in total. The second kappa shape index (κ2) is 15.7. The van der Waals surface area contributed by atoms with Crippen LogP contribution in [0.4, 0.5) is 0 Å². The smallest absolute Gasteiger partial charge is 0.307 e. The number of carbonyl (C=O) groups excluding carboxylic acids is 4. The Morgan fingerprint density at radius 3 is 2.50 bits per heavy atom. The Labute approximate surface area is 330 Å². The van der Waals surface area contributed by atoms with E-state index in [4.69, 9.17) is 14.2 Å². The molecule has 1 saturated heterocycles. The molecule has 15 heteroatoms. The number of Topliss-reactive ketones (excluding diaryl/α,β-unsaturated/α-hetero) is 1. The third kappa shape index (κ3) is 8.87. The molecule has 4 aliphatic rings. The number of aryl methyl sites for hydroxylation is 1. The highest BCUT2D eigenvalue weighted by Crippen LogP contribution is 2.57. The van der Waals surface area contributed by atoms with E-state index in [1.165, 1.54) is 18.2 Å². The number of carbonyl (C=O) groups is 4. The molecular formula is C41H57N5O9S. The van der Waals surface area contributed by atoms with Crippen LogP contribution in [-0.4, -0.2) is 88.0 Å². The standard InChI is InChI=1S/C41H57N5O9S/c1-9-26-16-24(2)12-10-11-13-27-20-41(27,38(50)45-56(51,52)40(7)14-15-40)21-33(47)32-17-28(23-46(32)37(49)29(26)18-35(48)55-39(4,5)6)54-36-25(3)43-30-19-34(53-8)42-22-31(30)44-36/h11,13,19,22,24,26-29,32H,9-10,12,14-18,20-21,23H2,1-8H3,(H,45,50)/b13-11-/t24-,26-,27-,28-,29+,32+,41-/m1/s1. The van der Waals surface area contributed by atoms with E-state index >= 15 is 0 Å². The summed E-state index contributed by atoms with van der Waals surface area (Å²) in [5.41, 5.74) is -0.512. The molecule has 2 aliphatic carbocycles. The molecule has 6 rings (SSSR count). The highest BCUT2D eigenvalue weighted by atomic mass is 32.2. The number of esters is 1. The first-order chi connectivity index (χ1) is 26.3. The van der Waals surface area contributed by atoms with Crippen molar-refractivity contribution in [3.8, 4) is 11.8 Å². The van der Waals surface area contributed by atoms with Crippen LogP contribution in [0.15, 0.2) is 24.4 Å². The van der Waals surface area contributed by atoms with Crippen LogP contribution in [-0.2, 0) is 33.9 Å². The summed E-state index contributed by atoms with van der Waals surface area (Å²) in [4.78, 5) is 72.1. The fourth-order valence-corrected chi connectivity index (χ4v) is 9.63. The Morgan fingerprint density at radius 1 is 1.11 bits per heavy atom. The van der Waals surface area contributed by atoms with Crippen molar-refractivity contribution in [3.05, 3.63) is 30.1 Å². The number of aromatic nitrogens is 3. The van der Waals surface area contributed by atoms with Gasteiger partial charge < -0.3 is 19.1 Å². The van der Waals surface area contributed by atoms with Gasteiger partial charge in [-0.15, -0.1) is 0 Å². The van der Waals surface area contributed by atoms with Gasteiger partial charge in [-0.3, -0.25) is 23.9 Å². The number of ether oxygens (including phenoxy) is 3. The molecule has 14 nitrogen and oxygen atoms in total. The first-order valence-corrected chi connectivity index (χ1v) is 21.4. The molecule has 3 fully saturated rings. The third-order valence-corrected chi connectivity index (χ3v) is 14.2. The Morgan fingerprint density at radius 2 is 1.84 bits per heavy atom. The Balaban J connectivity index is 1.36. The maximum atomic E-state index is 15.0. The van der Waals surface area contributed by atoms with E-state index in [0.717, 1.165) is 12.8 Å². The van der Waals surface area contributed by atoms with Gasteiger partial charge in [0.2, 0.25) is 33.6 Å². The number of nitrogens with one attached hydrogen (secondary N) is 1. The number of allylic oxidation sites excluding steroid dienone is 2. The predicted molar refractivity (Wildman–Crippen MR) is 208 cm³/mol. The van der Waals surface area contributed by atoms with Crippen LogP contribution < -0.4 is 14.2 Å². The minimum Gasteiger partial charge on any atom is -0.481 e. The average molecular weight is 796 g/mol. The van der Waals surface area contributed by atoms with Gasteiger partial charge in [0.05, 0.1) is 53.9 Å². The van der Waals surface area contributed by atoms with Gasteiger partial charge in [-0.2, -0.15) is 0 Å². The monoisotopic (exact) mass is 795 g/mol. The minimum absolute atomic E-state index is 0.0291. The zero-order chi connectivity index (χ0) is 40.8. The largest absolute Gasteiger partial charge is 0.481 e. The number of fused-ring (bicyclic) bond motifs is 3. The van der Waals surface area contributed by atoms with Crippen LogP contribution in [0.2, 0.25) is 0 Å². The van der Waals surface area contributed by atoms with Crippen molar-refractivity contribution < 1.29 is 41.8 Å². The summed E-state index contributed by atoms with van der Waals surface area (Å²) in [7, 11) is -2.45. The van der Waals surface area contributed by atoms with Gasteiger partial charge >= 0.3 is 5.97 Å². The lowest BCUT2D eigenvalue weighted by molar-refractivity contribution is -0.160. The molecule has 0 unspecified atom stereocenters. The summed E-state index contributed by atoms with van der Waals surface area (Å²) >= 11 is 0. The van der Waals surface area contributed by atoms with Gasteiger partial charge in [0.1, 0.15) is 22.9 Å². The number of nitrogens with zero attached hydrogens (tertiary/aromatic N) is 4. The second-order valence-corrected chi connectivity index (χ2v) is 19.9. The van der Waals surface area contributed by atoms with Crippen molar-refractivity contribution in [2.75, 3.05) is 13.7 Å². The molecule has 2 saturated carbocycles. The van der Waals surface area contributed by atoms with E-state index in [2.05, 4.69) is 26.6 Å². The number of sulfonamides is 1. The summed E-state index contributed by atoms with van der Waals surface area (Å²) in [5, 5.41) is 0. The summed E-state index contributed by atoms with van der Waals surface area (Å²) in [6, 6.07) is 0.669. The predicted octanol–water partition coefficient (Wildman–Crippen LogP) is 5.40. The molecule has 56 heavy (non-hydrogen) atoms. The number of ketones is 1. The maximum absolute atomic E-state index is 15.0. The zero-order valence-corrected chi connectivity index (χ0v) is 34.7. The van der Waals surface area contributed by atoms with Crippen molar-refractivity contribution in [1.29, 1.82) is 0 Å². The van der Waals surface area contributed by atoms with E-state index in [9.17, 15) is 27.6 Å². The number of amides is 2. The van der Waals surface area contributed by atoms with Crippen molar-refractivity contribution in [3.63, 3.8) is 0 Å². The molecule has 0 radical (unpaired) electrons. The number of rotatable bonds is 9. The van der Waals surface area contributed by atoms with E-state index < -0.39 is 55.7 Å². The van der Waals surface area contributed by atoms with Gasteiger partial charge in [0, 0.05) is 18.9 Å². The molecule has 4 heterocycles. The summed E-state index contributed by atoms with van der Waals surface area (Å²) in [5.74, 6) is -2.35. The van der Waals surface area contributed by atoms with E-state index in [0.29, 0.717) is 54.7 Å². The van der Waals surface area contributed by atoms with E-state index in [-0.39, 0.29) is 61.1 Å². The quantitative estimate of drug-likeness (QED) is 0.252. The lowest BCUT2D eigenvalue weighted by atomic mass is 9.79. The highest BCUT2D eigenvalue weighted by Gasteiger charge is 2.62. The van der Waals surface area contributed by atoms with Gasteiger partial charge in [-0.25, -0.2) is 23.4 Å². The summed E-state index contributed by atoms with van der Waals surface area (Å²) < 4.78 is 45.2. The van der Waals surface area contributed by atoms with Crippen molar-refractivity contribution >= 4 is 44.6 Å². The number of methoxy groups -OCH3 is 1. The number of pyridine rings is 1. The molecule has 0 spiro atoms. The van der Waals surface area contributed by atoms with Gasteiger partial charge in [0.15, 0.2) is 5.78 Å². The second-order valence-electron chi connectivity index (χ2n) is 17.7. The molecule has 2 aliphatic heterocycles. The molecule has 2 aromatic heterocycles. The Bertz CT molecular complexity index is 2010. The molecular weight excluding hydrogens is 739 g/mol. The molecule has 2 aromatic rings. The van der Waals surface area contributed by atoms with Crippen LogP contribution in [0.5, 0.6) is 11.8 Å². The SMILES string of the molecule is CC[C@@H]1C[C@H](C)CC/C=C\[C@@H]2C[C@@]2(C(=O)NS(=O)(=O)C2(C)CC2)CC(=O)[C@@H]2C[C@@H](Oc3nc4cnc(OC)cc4nc3C)CN2C(=O)[C@H]1CC(=O)OC(C)(C)C. The van der Waals surface area contributed by atoms with Crippen LogP contribution >= 0.6 is 0 Å². The van der Waals surface area contributed by atoms with E-state index in [1.54, 1.807) is 40.7 Å². The van der Waals surface area contributed by atoms with Crippen molar-refractivity contribution in [2.24, 2.45) is 29.1 Å². The molecule has 306 valence electrons. The van der Waals surface area contributed by atoms with Gasteiger partial charge in [-0.05, 0) is 90.9 Å². The van der Waals surface area contributed by atoms with Crippen LogP contribution in [0.25, 0.3) is 11.0 Å². The normalized spacial score (nSPS) is 30.0. The highest BCUT2D eigenvalue weighted by molar-refractivity contribution is 7.91. The lowest BCUT2D eigenvalue weighted by Crippen LogP contribution is -2.48. The fourth-order valence-electron chi connectivity index (χ4n) is 8.30. The lowest BCUT2D eigenvalue weighted by Gasteiger charge is -2.33. The van der Waals surface area contributed by atoms with Crippen LogP contribution in [0.1, 0.15) is 111 Å². The molecule has 2 amide bonds. The van der Waals surface area contributed by atoms with Crippen molar-refractivity contribution in [1.82, 2.24) is 24.6 Å². The van der Waals surface area contributed by atoms with Gasteiger partial charge in [-0.1, -0.05) is 32.4 Å². The Hall–Kier alpha value is -4.14. The molecule has 7 atom stereocenters. The summed E-state index contributed by atoms with van der Waals surface area (Å²) in [6.07, 6.45) is 8.59. The number of hydrogen-bond acceptors (Lipinski definition) is 12. The first-order valence-electron chi connectivity index (χ1n) is 19.9. The molecule has 0 bridgehead atoms. The summed E-state index contributed by atoms with van der Waals surface area (Å²) in [6.45, 7) is 12.9. The van der Waals surface area contributed by atoms with Crippen LogP contribution in [0.3, 0.4) is 0 Å². The fraction of sp³-hybridized carbons (Fsp3) is 0.683. The van der Waals surface area contributed by atoms with Crippen molar-refractivity contribution in [2.45, 2.75) is 135 Å². The van der Waals surface area contributed by atoms with Crippen LogP contribution in [0, 0.1) is 36.0 Å².